The molecule has 0 unspecified atom stereocenters. The van der Waals surface area contributed by atoms with Crippen LogP contribution >= 0.6 is 7.82 Å². The van der Waals surface area contributed by atoms with Crippen LogP contribution in [-0.2, 0) is 18.2 Å². The van der Waals surface area contributed by atoms with Crippen LogP contribution < -0.4 is 5.19 Å². The highest BCUT2D eigenvalue weighted by atomic mass is 31.2. The average Bonchev–Trinajstić information content (AvgIpc) is 2.31. The largest absolute Gasteiger partial charge is 0.527 e. The molecule has 0 spiro atoms. The fourth-order valence-electron chi connectivity index (χ4n) is 1.17. The van der Waals surface area contributed by atoms with E-state index in [9.17, 15) is 13.6 Å². The van der Waals surface area contributed by atoms with Gasteiger partial charge in [0.15, 0.2) is 0 Å². The minimum atomic E-state index is -4.65. The second-order valence-corrected chi connectivity index (χ2v) is 6.47. The van der Waals surface area contributed by atoms with Crippen molar-refractivity contribution >= 4 is 22.8 Å². The molecule has 16 heavy (non-hydrogen) atoms. The predicted octanol–water partition coefficient (Wildman–Crippen LogP) is 1.94. The first-order valence-corrected chi connectivity index (χ1v) is 7.17. The van der Waals surface area contributed by atoms with Crippen LogP contribution in [-0.4, -0.2) is 9.76 Å². The zero-order chi connectivity index (χ0) is 12.2. The maximum absolute atomic E-state index is 11.7. The summed E-state index contributed by atoms with van der Waals surface area (Å²) >= 11 is 0. The molecule has 0 atom stereocenters. The lowest BCUT2D eigenvalue weighted by atomic mass is 10.1. The van der Waals surface area contributed by atoms with Gasteiger partial charge in [0.1, 0.15) is 0 Å². The molecule has 8 heteroatoms. The van der Waals surface area contributed by atoms with Crippen molar-refractivity contribution in [2.75, 3.05) is 0 Å². The summed E-state index contributed by atoms with van der Waals surface area (Å²) in [4.78, 5) is 0. The summed E-state index contributed by atoms with van der Waals surface area (Å²) in [6, 6.07) is 5.42. The number of hydrogen-bond donors (Lipinski definition) is 0. The minimum absolute atomic E-state index is 0.786. The molecule has 0 aliphatic rings. The number of aryl methyl sites for hydroxylation is 1. The van der Waals surface area contributed by atoms with Gasteiger partial charge in [0, 0.05) is 0 Å². The SMILES string of the molecule is Cc1cccc([SiH2]OP(=O)(OF)OF)c1C. The van der Waals surface area contributed by atoms with Crippen molar-refractivity contribution in [1.29, 1.82) is 0 Å². The summed E-state index contributed by atoms with van der Waals surface area (Å²) in [7, 11) is -6.23. The normalized spacial score (nSPS) is 12.5. The van der Waals surface area contributed by atoms with Gasteiger partial charge in [-0.1, -0.05) is 27.7 Å². The van der Waals surface area contributed by atoms with Crippen molar-refractivity contribution < 1.29 is 27.3 Å². The maximum atomic E-state index is 11.7. The smallest absolute Gasteiger partial charge is 0.328 e. The minimum Gasteiger partial charge on any atom is -0.328 e. The number of hydrogen-bond acceptors (Lipinski definition) is 4. The fourth-order valence-corrected chi connectivity index (χ4v) is 3.42. The van der Waals surface area contributed by atoms with Gasteiger partial charge in [0.2, 0.25) is 9.76 Å². The summed E-state index contributed by atoms with van der Waals surface area (Å²) in [5, 5.41) is 0.786. The van der Waals surface area contributed by atoms with Gasteiger partial charge in [-0.15, -0.1) is 0 Å². The standard InChI is InChI=1S/C8H11F2O4PSi/c1-6-4-3-5-8(7(6)2)16-14-15(11,12-9)13-10/h3-5H,16H2,1-2H3. The van der Waals surface area contributed by atoms with Crippen molar-refractivity contribution in [2.24, 2.45) is 0 Å². The lowest BCUT2D eigenvalue weighted by Gasteiger charge is -2.10. The predicted molar refractivity (Wildman–Crippen MR) is 57.2 cm³/mol. The molecule has 0 saturated carbocycles. The van der Waals surface area contributed by atoms with E-state index in [0.717, 1.165) is 16.3 Å². The van der Waals surface area contributed by atoms with Gasteiger partial charge in [0.25, 0.3) is 0 Å². The van der Waals surface area contributed by atoms with Crippen molar-refractivity contribution in [3.05, 3.63) is 29.3 Å². The molecule has 0 aromatic heterocycles. The molecule has 0 aliphatic carbocycles. The topological polar surface area (TPSA) is 44.8 Å². The second kappa shape index (κ2) is 5.65. The van der Waals surface area contributed by atoms with Gasteiger partial charge in [-0.3, -0.25) is 0 Å². The third-order valence-corrected chi connectivity index (χ3v) is 5.46. The van der Waals surface area contributed by atoms with Gasteiger partial charge in [-0.05, 0) is 39.2 Å². The molecule has 0 radical (unpaired) electrons. The van der Waals surface area contributed by atoms with Gasteiger partial charge in [0.05, 0.1) is 0 Å². The summed E-state index contributed by atoms with van der Waals surface area (Å²) in [5.74, 6) is 0. The zero-order valence-corrected chi connectivity index (χ0v) is 11.1. The van der Waals surface area contributed by atoms with Crippen molar-refractivity contribution in [2.45, 2.75) is 13.8 Å². The summed E-state index contributed by atoms with van der Waals surface area (Å²) in [5.41, 5.74) is 1.96. The van der Waals surface area contributed by atoms with Gasteiger partial charge in [-0.25, -0.2) is 4.57 Å². The fraction of sp³-hybridized carbons (Fsp3) is 0.250. The van der Waals surface area contributed by atoms with E-state index in [4.69, 9.17) is 0 Å². The second-order valence-electron chi connectivity index (χ2n) is 3.22. The molecule has 0 fully saturated rings. The van der Waals surface area contributed by atoms with Gasteiger partial charge >= 0.3 is 7.82 Å². The monoisotopic (exact) mass is 268 g/mol. The highest BCUT2D eigenvalue weighted by Crippen LogP contribution is 2.49. The van der Waals surface area contributed by atoms with Crippen molar-refractivity contribution in [3.8, 4) is 0 Å². The Balaban J connectivity index is 2.75. The Morgan fingerprint density at radius 1 is 1.25 bits per heavy atom. The number of rotatable bonds is 5. The summed E-state index contributed by atoms with van der Waals surface area (Å²) < 4.78 is 44.6. The average molecular weight is 268 g/mol. The van der Waals surface area contributed by atoms with E-state index in [-0.39, 0.29) is 0 Å². The molecule has 1 aromatic carbocycles. The molecule has 0 aliphatic heterocycles. The Kier molecular flexibility index (Phi) is 4.76. The molecule has 0 amide bonds. The highest BCUT2D eigenvalue weighted by Gasteiger charge is 2.29. The summed E-state index contributed by atoms with van der Waals surface area (Å²) in [6.07, 6.45) is 0. The summed E-state index contributed by atoms with van der Waals surface area (Å²) in [6.45, 7) is 3.74. The van der Waals surface area contributed by atoms with Gasteiger partial charge in [-0.2, -0.15) is 0 Å². The van der Waals surface area contributed by atoms with Crippen LogP contribution in [0.5, 0.6) is 0 Å². The Bertz CT molecular complexity index is 407. The van der Waals surface area contributed by atoms with E-state index in [1.54, 1.807) is 12.1 Å². The Hall–Kier alpha value is -0.593. The van der Waals surface area contributed by atoms with Crippen LogP contribution in [0.1, 0.15) is 11.1 Å². The van der Waals surface area contributed by atoms with Crippen LogP contribution in [0.4, 0.5) is 9.05 Å². The van der Waals surface area contributed by atoms with E-state index in [0.29, 0.717) is 0 Å². The highest BCUT2D eigenvalue weighted by molar-refractivity contribution is 7.49. The molecule has 0 saturated heterocycles. The van der Waals surface area contributed by atoms with Gasteiger partial charge < -0.3 is 4.21 Å². The maximum Gasteiger partial charge on any atom is 0.527 e. The Morgan fingerprint density at radius 2 is 1.88 bits per heavy atom. The first kappa shape index (κ1) is 13.5. The van der Waals surface area contributed by atoms with Crippen LogP contribution in [0.3, 0.4) is 0 Å². The van der Waals surface area contributed by atoms with Crippen LogP contribution in [0, 0.1) is 13.8 Å². The molecule has 4 nitrogen and oxygen atoms in total. The number of phosphoric acid groups is 1. The lowest BCUT2D eigenvalue weighted by Crippen LogP contribution is -2.20. The number of benzene rings is 1. The van der Waals surface area contributed by atoms with E-state index in [1.807, 2.05) is 19.9 Å². The Morgan fingerprint density at radius 3 is 2.44 bits per heavy atom. The van der Waals surface area contributed by atoms with E-state index in [2.05, 4.69) is 13.7 Å². The third kappa shape index (κ3) is 3.20. The quantitative estimate of drug-likeness (QED) is 0.604. The van der Waals surface area contributed by atoms with E-state index in [1.165, 1.54) is 0 Å². The Labute approximate surface area is 93.9 Å². The first-order valence-electron chi connectivity index (χ1n) is 4.43. The molecule has 0 N–H and O–H groups in total. The van der Waals surface area contributed by atoms with Crippen molar-refractivity contribution in [1.82, 2.24) is 0 Å². The van der Waals surface area contributed by atoms with Crippen LogP contribution in [0.2, 0.25) is 0 Å². The van der Waals surface area contributed by atoms with Crippen LogP contribution in [0.15, 0.2) is 18.2 Å². The lowest BCUT2D eigenvalue weighted by molar-refractivity contribution is -0.107. The molecule has 1 aromatic rings. The van der Waals surface area contributed by atoms with Crippen molar-refractivity contribution in [3.63, 3.8) is 0 Å². The number of halogens is 2. The molecule has 1 rings (SSSR count). The molecule has 90 valence electrons. The first-order chi connectivity index (χ1) is 7.52. The van der Waals surface area contributed by atoms with E-state index < -0.39 is 17.6 Å². The molecular formula is C8H11F2O4PSi. The molecular weight excluding hydrogens is 257 g/mol. The molecule has 0 bridgehead atoms. The zero-order valence-electron chi connectivity index (χ0n) is 8.78. The third-order valence-electron chi connectivity index (χ3n) is 2.26. The molecule has 0 heterocycles. The van der Waals surface area contributed by atoms with E-state index >= 15 is 0 Å². The van der Waals surface area contributed by atoms with Crippen LogP contribution in [0.25, 0.3) is 0 Å².